The molecule has 0 atom stereocenters. The Bertz CT molecular complexity index is 844. The summed E-state index contributed by atoms with van der Waals surface area (Å²) in [7, 11) is -1.29. The smallest absolute Gasteiger partial charge is 0.295 e. The van der Waals surface area contributed by atoms with Crippen LogP contribution in [0.25, 0.3) is 12.2 Å². The molecule has 0 aliphatic carbocycles. The molecule has 0 saturated carbocycles. The zero-order valence-corrected chi connectivity index (χ0v) is 13.5. The molecular weight excluding hydrogens is 318 g/mol. The summed E-state index contributed by atoms with van der Waals surface area (Å²) in [5.41, 5.74) is 6.93. The second-order valence-electron chi connectivity index (χ2n) is 4.72. The maximum atomic E-state index is 11.4. The third-order valence-electron chi connectivity index (χ3n) is 3.18. The molecule has 122 valence electrons. The van der Waals surface area contributed by atoms with Gasteiger partial charge in [0, 0.05) is 5.69 Å². The molecule has 2 aromatic rings. The van der Waals surface area contributed by atoms with Gasteiger partial charge in [-0.2, -0.15) is 8.42 Å². The fourth-order valence-electron chi connectivity index (χ4n) is 2.05. The Balaban J connectivity index is 2.42. The Morgan fingerprint density at radius 3 is 2.30 bits per heavy atom. The molecule has 7 heteroatoms. The fourth-order valence-corrected chi connectivity index (χ4v) is 2.77. The van der Waals surface area contributed by atoms with Gasteiger partial charge in [-0.1, -0.05) is 24.3 Å². The number of anilines is 1. The number of methoxy groups -OCH3 is 2. The van der Waals surface area contributed by atoms with Crippen LogP contribution in [0.5, 0.6) is 11.5 Å². The number of ether oxygens (including phenoxy) is 2. The van der Waals surface area contributed by atoms with Crippen molar-refractivity contribution in [3.63, 3.8) is 0 Å². The van der Waals surface area contributed by atoms with Crippen molar-refractivity contribution < 1.29 is 22.4 Å². The summed E-state index contributed by atoms with van der Waals surface area (Å²) in [6, 6.07) is 9.58. The fraction of sp³-hybridized carbons (Fsp3) is 0.125. The molecule has 6 nitrogen and oxygen atoms in total. The Morgan fingerprint density at radius 2 is 1.70 bits per heavy atom. The van der Waals surface area contributed by atoms with Crippen molar-refractivity contribution >= 4 is 28.0 Å². The molecule has 0 heterocycles. The van der Waals surface area contributed by atoms with Gasteiger partial charge in [0.1, 0.15) is 4.90 Å². The van der Waals surface area contributed by atoms with Gasteiger partial charge in [-0.3, -0.25) is 4.55 Å². The topological polar surface area (TPSA) is 98.9 Å². The summed E-state index contributed by atoms with van der Waals surface area (Å²) < 4.78 is 42.5. The number of hydrogen-bond donors (Lipinski definition) is 2. The quantitative estimate of drug-likeness (QED) is 0.495. The van der Waals surface area contributed by atoms with Gasteiger partial charge in [0.15, 0.2) is 11.5 Å². The maximum absolute atomic E-state index is 11.4. The predicted molar refractivity (Wildman–Crippen MR) is 89.1 cm³/mol. The lowest BCUT2D eigenvalue weighted by Crippen LogP contribution is -2.02. The van der Waals surface area contributed by atoms with Gasteiger partial charge >= 0.3 is 0 Å². The molecule has 2 rings (SSSR count). The summed E-state index contributed by atoms with van der Waals surface area (Å²) in [5, 5.41) is 0. The second-order valence-corrected chi connectivity index (χ2v) is 6.11. The largest absolute Gasteiger partial charge is 0.493 e. The zero-order valence-electron chi connectivity index (χ0n) is 12.7. The van der Waals surface area contributed by atoms with Crippen molar-refractivity contribution in [3.8, 4) is 11.5 Å². The number of benzene rings is 2. The van der Waals surface area contributed by atoms with Crippen LogP contribution in [0.3, 0.4) is 0 Å². The summed E-state index contributed by atoms with van der Waals surface area (Å²) in [5.74, 6) is 1.15. The molecule has 2 aromatic carbocycles. The van der Waals surface area contributed by atoms with Crippen LogP contribution in [0, 0.1) is 0 Å². The highest BCUT2D eigenvalue weighted by Gasteiger charge is 2.14. The monoisotopic (exact) mass is 335 g/mol. The second kappa shape index (κ2) is 6.72. The molecule has 0 bridgehead atoms. The third kappa shape index (κ3) is 4.02. The molecule has 0 aliphatic rings. The highest BCUT2D eigenvalue weighted by molar-refractivity contribution is 7.86. The van der Waals surface area contributed by atoms with Crippen LogP contribution in [-0.2, 0) is 10.1 Å². The number of nitrogen functional groups attached to an aromatic ring is 1. The predicted octanol–water partition coefficient (Wildman–Crippen LogP) is 2.70. The first-order chi connectivity index (χ1) is 10.8. The molecule has 0 fully saturated rings. The Hall–Kier alpha value is -2.51. The SMILES string of the molecule is COc1ccc(C=Cc2ccc(N)cc2S(=O)(=O)O)cc1OC. The molecule has 0 unspecified atom stereocenters. The van der Waals surface area contributed by atoms with Crippen molar-refractivity contribution in [2.45, 2.75) is 4.90 Å². The van der Waals surface area contributed by atoms with Crippen molar-refractivity contribution in [1.29, 1.82) is 0 Å². The maximum Gasteiger partial charge on any atom is 0.295 e. The highest BCUT2D eigenvalue weighted by Crippen LogP contribution is 2.28. The number of hydrogen-bond acceptors (Lipinski definition) is 5. The van der Waals surface area contributed by atoms with Crippen molar-refractivity contribution in [1.82, 2.24) is 0 Å². The van der Waals surface area contributed by atoms with Gasteiger partial charge in [0.2, 0.25) is 0 Å². The Kier molecular flexibility index (Phi) is 4.92. The Labute approximate surface area is 134 Å². The van der Waals surface area contributed by atoms with Gasteiger partial charge in [-0.05, 0) is 35.4 Å². The minimum Gasteiger partial charge on any atom is -0.493 e. The van der Waals surface area contributed by atoms with E-state index in [1.165, 1.54) is 19.2 Å². The van der Waals surface area contributed by atoms with Gasteiger partial charge in [0.05, 0.1) is 14.2 Å². The van der Waals surface area contributed by atoms with Crippen LogP contribution in [0.2, 0.25) is 0 Å². The normalized spacial score (nSPS) is 11.6. The average Bonchev–Trinajstić information content (AvgIpc) is 2.52. The van der Waals surface area contributed by atoms with Crippen LogP contribution in [0.15, 0.2) is 41.3 Å². The van der Waals surface area contributed by atoms with Crippen molar-refractivity contribution in [2.24, 2.45) is 0 Å². The van der Waals surface area contributed by atoms with E-state index in [1.807, 2.05) is 0 Å². The number of nitrogens with two attached hydrogens (primary N) is 1. The summed E-state index contributed by atoms with van der Waals surface area (Å²) in [6.45, 7) is 0. The molecular formula is C16H17NO5S. The third-order valence-corrected chi connectivity index (χ3v) is 4.09. The zero-order chi connectivity index (χ0) is 17.0. The molecule has 0 aliphatic heterocycles. The average molecular weight is 335 g/mol. The van der Waals surface area contributed by atoms with Crippen LogP contribution in [-0.4, -0.2) is 27.2 Å². The van der Waals surface area contributed by atoms with E-state index in [0.717, 1.165) is 5.56 Å². The van der Waals surface area contributed by atoms with E-state index in [9.17, 15) is 13.0 Å². The lowest BCUT2D eigenvalue weighted by atomic mass is 10.1. The first-order valence-electron chi connectivity index (χ1n) is 6.62. The summed E-state index contributed by atoms with van der Waals surface area (Å²) in [6.07, 6.45) is 3.27. The number of rotatable bonds is 5. The minimum atomic E-state index is -4.36. The molecule has 3 N–H and O–H groups in total. The lowest BCUT2D eigenvalue weighted by molar-refractivity contribution is 0.355. The van der Waals surface area contributed by atoms with E-state index < -0.39 is 10.1 Å². The van der Waals surface area contributed by atoms with E-state index in [-0.39, 0.29) is 10.6 Å². The van der Waals surface area contributed by atoms with Crippen LogP contribution < -0.4 is 15.2 Å². The van der Waals surface area contributed by atoms with E-state index in [2.05, 4.69) is 0 Å². The highest BCUT2D eigenvalue weighted by atomic mass is 32.2. The summed E-state index contributed by atoms with van der Waals surface area (Å²) in [4.78, 5) is -0.241. The molecule has 0 spiro atoms. The summed E-state index contributed by atoms with van der Waals surface area (Å²) >= 11 is 0. The molecule has 0 saturated heterocycles. The van der Waals surface area contributed by atoms with E-state index in [4.69, 9.17) is 15.2 Å². The van der Waals surface area contributed by atoms with Gasteiger partial charge in [-0.15, -0.1) is 0 Å². The lowest BCUT2D eigenvalue weighted by Gasteiger charge is -2.08. The van der Waals surface area contributed by atoms with E-state index >= 15 is 0 Å². The molecule has 0 aromatic heterocycles. The Morgan fingerprint density at radius 1 is 1.00 bits per heavy atom. The van der Waals surface area contributed by atoms with Gasteiger partial charge in [-0.25, -0.2) is 0 Å². The molecule has 23 heavy (non-hydrogen) atoms. The minimum absolute atomic E-state index is 0.241. The van der Waals surface area contributed by atoms with E-state index in [1.54, 1.807) is 43.5 Å². The first kappa shape index (κ1) is 16.9. The van der Waals surface area contributed by atoms with Crippen LogP contribution >= 0.6 is 0 Å². The van der Waals surface area contributed by atoms with Crippen LogP contribution in [0.1, 0.15) is 11.1 Å². The van der Waals surface area contributed by atoms with Crippen molar-refractivity contribution in [2.75, 3.05) is 20.0 Å². The molecule has 0 amide bonds. The standard InChI is InChI=1S/C16H17NO5S/c1-21-14-8-4-11(9-15(14)22-2)3-5-12-6-7-13(17)10-16(12)23(18,19)20/h3-10H,17H2,1-2H3,(H,18,19,20). The van der Waals surface area contributed by atoms with E-state index in [0.29, 0.717) is 17.1 Å². The van der Waals surface area contributed by atoms with Crippen LogP contribution in [0.4, 0.5) is 5.69 Å². The molecule has 0 radical (unpaired) electrons. The van der Waals surface area contributed by atoms with Crippen molar-refractivity contribution in [3.05, 3.63) is 47.5 Å². The van der Waals surface area contributed by atoms with Gasteiger partial charge < -0.3 is 15.2 Å². The van der Waals surface area contributed by atoms with Gasteiger partial charge in [0.25, 0.3) is 10.1 Å². The first-order valence-corrected chi connectivity index (χ1v) is 8.06.